The van der Waals surface area contributed by atoms with Crippen LogP contribution in [0.4, 0.5) is 5.69 Å². The lowest BCUT2D eigenvalue weighted by atomic mass is 10.1. The minimum atomic E-state index is -0.623. The van der Waals surface area contributed by atoms with E-state index in [0.29, 0.717) is 17.7 Å². The quantitative estimate of drug-likeness (QED) is 0.138. The number of unbranched alkanes of at least 4 members (excludes halogenated alkanes) is 3. The molecule has 2 rings (SSSR count). The molecule has 0 N–H and O–H groups in total. The number of hydrogen-bond acceptors (Lipinski definition) is 5. The first kappa shape index (κ1) is 21.0. The van der Waals surface area contributed by atoms with Gasteiger partial charge in [0, 0.05) is 24.1 Å². The molecule has 0 amide bonds. The molecular weight excluding hydrogens is 358 g/mol. The summed E-state index contributed by atoms with van der Waals surface area (Å²) in [7, 11) is 0. The van der Waals surface area contributed by atoms with Gasteiger partial charge in [0.2, 0.25) is 0 Å². The van der Waals surface area contributed by atoms with Crippen LogP contribution in [0.5, 0.6) is 5.75 Å². The van der Waals surface area contributed by atoms with Gasteiger partial charge in [0.05, 0.1) is 10.5 Å². The van der Waals surface area contributed by atoms with Crippen molar-refractivity contribution < 1.29 is 19.2 Å². The van der Waals surface area contributed by atoms with E-state index in [0.717, 1.165) is 25.7 Å². The fourth-order valence-electron chi connectivity index (χ4n) is 2.58. The number of rotatable bonds is 10. The Bertz CT molecular complexity index is 855. The van der Waals surface area contributed by atoms with Gasteiger partial charge < -0.3 is 4.74 Å². The summed E-state index contributed by atoms with van der Waals surface area (Å²) in [5, 5.41) is 10.7. The number of non-ortho nitro benzene ring substituents is 1. The van der Waals surface area contributed by atoms with Crippen LogP contribution in [0.3, 0.4) is 0 Å². The van der Waals surface area contributed by atoms with Gasteiger partial charge in [-0.1, -0.05) is 44.4 Å². The second kappa shape index (κ2) is 10.8. The first-order valence-electron chi connectivity index (χ1n) is 9.28. The molecule has 6 heteroatoms. The van der Waals surface area contributed by atoms with Gasteiger partial charge in [-0.2, -0.15) is 0 Å². The number of allylic oxidation sites excluding steroid dienone is 1. The average molecular weight is 381 g/mol. The fourth-order valence-corrected chi connectivity index (χ4v) is 2.58. The van der Waals surface area contributed by atoms with Crippen LogP contribution in [-0.4, -0.2) is 16.7 Å². The van der Waals surface area contributed by atoms with E-state index in [2.05, 4.69) is 6.92 Å². The van der Waals surface area contributed by atoms with E-state index in [1.807, 2.05) is 0 Å². The van der Waals surface area contributed by atoms with Crippen molar-refractivity contribution in [2.24, 2.45) is 0 Å². The highest BCUT2D eigenvalue weighted by atomic mass is 16.6. The standard InChI is InChI=1S/C22H23NO5/c1-2-3-4-5-9-20(24)16-13-17-8-6-7-10-21(17)28-22(25)18-11-14-19(15-12-18)23(26)27/h6-8,10-16H,2-5,9H2,1H3/b16-13+. The zero-order valence-electron chi connectivity index (χ0n) is 15.8. The van der Waals surface area contributed by atoms with Crippen molar-refractivity contribution >= 4 is 23.5 Å². The Morgan fingerprint density at radius 1 is 1.04 bits per heavy atom. The van der Waals surface area contributed by atoms with E-state index < -0.39 is 10.9 Å². The second-order valence-electron chi connectivity index (χ2n) is 6.34. The molecule has 146 valence electrons. The first-order chi connectivity index (χ1) is 13.5. The monoisotopic (exact) mass is 381 g/mol. The third-order valence-corrected chi connectivity index (χ3v) is 4.16. The molecule has 0 aliphatic rings. The van der Waals surface area contributed by atoms with Gasteiger partial charge in [-0.05, 0) is 36.8 Å². The molecule has 0 aromatic heterocycles. The highest BCUT2D eigenvalue weighted by molar-refractivity contribution is 5.95. The summed E-state index contributed by atoms with van der Waals surface area (Å²) >= 11 is 0. The average Bonchev–Trinajstić information content (AvgIpc) is 2.70. The van der Waals surface area contributed by atoms with Crippen LogP contribution in [0.25, 0.3) is 6.08 Å². The summed E-state index contributed by atoms with van der Waals surface area (Å²) < 4.78 is 5.41. The van der Waals surface area contributed by atoms with Crippen LogP contribution in [0.1, 0.15) is 54.9 Å². The SMILES string of the molecule is CCCCCCC(=O)/C=C/c1ccccc1OC(=O)c1ccc([N+](=O)[O-])cc1. The van der Waals surface area contributed by atoms with Gasteiger partial charge in [-0.15, -0.1) is 0 Å². The summed E-state index contributed by atoms with van der Waals surface area (Å²) in [5.74, 6) is -0.268. The zero-order chi connectivity index (χ0) is 20.4. The van der Waals surface area contributed by atoms with E-state index >= 15 is 0 Å². The van der Waals surface area contributed by atoms with Crippen LogP contribution < -0.4 is 4.74 Å². The number of benzene rings is 2. The van der Waals surface area contributed by atoms with Crippen molar-refractivity contribution in [1.29, 1.82) is 0 Å². The molecule has 0 atom stereocenters. The molecule has 0 heterocycles. The Labute approximate surface area is 164 Å². The number of carbonyl (C=O) groups excluding carboxylic acids is 2. The third-order valence-electron chi connectivity index (χ3n) is 4.16. The number of nitro groups is 1. The number of ketones is 1. The normalized spacial score (nSPS) is 10.8. The molecule has 0 saturated carbocycles. The Kier molecular flexibility index (Phi) is 8.09. The number of carbonyl (C=O) groups is 2. The summed E-state index contributed by atoms with van der Waals surface area (Å²) in [6.45, 7) is 2.12. The van der Waals surface area contributed by atoms with Gasteiger partial charge in [-0.25, -0.2) is 4.79 Å². The lowest BCUT2D eigenvalue weighted by Gasteiger charge is -2.07. The molecule has 2 aromatic carbocycles. The fraction of sp³-hybridized carbons (Fsp3) is 0.273. The van der Waals surface area contributed by atoms with E-state index in [9.17, 15) is 19.7 Å². The van der Waals surface area contributed by atoms with E-state index in [4.69, 9.17) is 4.74 Å². The number of hydrogen-bond donors (Lipinski definition) is 0. The highest BCUT2D eigenvalue weighted by Gasteiger charge is 2.13. The molecule has 28 heavy (non-hydrogen) atoms. The molecule has 0 aliphatic carbocycles. The number of nitrogens with zero attached hydrogens (tertiary/aromatic N) is 1. The molecular formula is C22H23NO5. The third kappa shape index (κ3) is 6.46. The summed E-state index contributed by atoms with van der Waals surface area (Å²) in [6.07, 6.45) is 7.80. The van der Waals surface area contributed by atoms with Crippen molar-refractivity contribution in [1.82, 2.24) is 0 Å². The number of esters is 1. The van der Waals surface area contributed by atoms with Gasteiger partial charge in [0.15, 0.2) is 5.78 Å². The second-order valence-corrected chi connectivity index (χ2v) is 6.34. The Hall–Kier alpha value is -3.28. The van der Waals surface area contributed by atoms with Gasteiger partial charge >= 0.3 is 5.97 Å². The predicted octanol–water partition coefficient (Wildman–Crippen LogP) is 5.37. The van der Waals surface area contributed by atoms with E-state index in [1.165, 1.54) is 30.3 Å². The predicted molar refractivity (Wildman–Crippen MR) is 107 cm³/mol. The largest absolute Gasteiger partial charge is 0.422 e. The Morgan fingerprint density at radius 3 is 2.43 bits per heavy atom. The highest BCUT2D eigenvalue weighted by Crippen LogP contribution is 2.22. The maximum atomic E-state index is 12.3. The summed E-state index contributed by atoms with van der Waals surface area (Å²) in [4.78, 5) is 34.4. The Balaban J connectivity index is 2.02. The minimum Gasteiger partial charge on any atom is -0.422 e. The molecule has 0 unspecified atom stereocenters. The Morgan fingerprint density at radius 2 is 1.75 bits per heavy atom. The van der Waals surface area contributed by atoms with E-state index in [-0.39, 0.29) is 17.0 Å². The van der Waals surface area contributed by atoms with Crippen molar-refractivity contribution in [3.63, 3.8) is 0 Å². The molecule has 0 aliphatic heterocycles. The van der Waals surface area contributed by atoms with Crippen molar-refractivity contribution in [2.75, 3.05) is 0 Å². The molecule has 0 bridgehead atoms. The lowest BCUT2D eigenvalue weighted by Crippen LogP contribution is -2.09. The van der Waals surface area contributed by atoms with Gasteiger partial charge in [0.25, 0.3) is 5.69 Å². The van der Waals surface area contributed by atoms with Crippen LogP contribution >= 0.6 is 0 Å². The topological polar surface area (TPSA) is 86.5 Å². The number of nitro benzene ring substituents is 1. The van der Waals surface area contributed by atoms with Gasteiger partial charge in [0.1, 0.15) is 5.75 Å². The van der Waals surface area contributed by atoms with Crippen molar-refractivity contribution in [3.8, 4) is 5.75 Å². The lowest BCUT2D eigenvalue weighted by molar-refractivity contribution is -0.384. The molecule has 2 aromatic rings. The van der Waals surface area contributed by atoms with E-state index in [1.54, 1.807) is 30.3 Å². The molecule has 0 spiro atoms. The summed E-state index contributed by atoms with van der Waals surface area (Å²) in [6, 6.07) is 12.1. The van der Waals surface area contributed by atoms with Crippen LogP contribution in [0.15, 0.2) is 54.6 Å². The maximum Gasteiger partial charge on any atom is 0.343 e. The van der Waals surface area contributed by atoms with Crippen LogP contribution in [0.2, 0.25) is 0 Å². The number of ether oxygens (including phenoxy) is 1. The molecule has 0 saturated heterocycles. The van der Waals surface area contributed by atoms with Crippen LogP contribution in [-0.2, 0) is 4.79 Å². The molecule has 0 fully saturated rings. The first-order valence-corrected chi connectivity index (χ1v) is 9.28. The van der Waals surface area contributed by atoms with Crippen molar-refractivity contribution in [3.05, 3.63) is 75.8 Å². The van der Waals surface area contributed by atoms with Gasteiger partial charge in [-0.3, -0.25) is 14.9 Å². The smallest absolute Gasteiger partial charge is 0.343 e. The van der Waals surface area contributed by atoms with Crippen LogP contribution in [0, 0.1) is 10.1 Å². The molecule has 0 radical (unpaired) electrons. The zero-order valence-corrected chi connectivity index (χ0v) is 15.8. The maximum absolute atomic E-state index is 12.3. The minimum absolute atomic E-state index is 0.0348. The van der Waals surface area contributed by atoms with Crippen molar-refractivity contribution in [2.45, 2.75) is 39.0 Å². The summed E-state index contributed by atoms with van der Waals surface area (Å²) in [5.41, 5.74) is 0.716. The molecule has 6 nitrogen and oxygen atoms in total. The number of para-hydroxylation sites is 1.